The summed E-state index contributed by atoms with van der Waals surface area (Å²) >= 11 is 0. The van der Waals surface area contributed by atoms with Crippen LogP contribution in [0.25, 0.3) is 0 Å². The van der Waals surface area contributed by atoms with E-state index in [9.17, 15) is 0 Å². The Morgan fingerprint density at radius 2 is 1.90 bits per heavy atom. The minimum atomic E-state index is 0.454. The summed E-state index contributed by atoms with van der Waals surface area (Å²) in [5.41, 5.74) is 6.34. The number of nitrogens with two attached hydrogens (primary N) is 1. The highest BCUT2D eigenvalue weighted by atomic mass is 14.8. The van der Waals surface area contributed by atoms with Crippen LogP contribution >= 0.6 is 0 Å². The van der Waals surface area contributed by atoms with E-state index >= 15 is 0 Å². The molecule has 10 heavy (non-hydrogen) atoms. The van der Waals surface area contributed by atoms with Gasteiger partial charge in [0.25, 0.3) is 0 Å². The van der Waals surface area contributed by atoms with Crippen LogP contribution in [0.4, 0.5) is 0 Å². The van der Waals surface area contributed by atoms with Crippen molar-refractivity contribution in [1.82, 2.24) is 0 Å². The molecule has 0 radical (unpaired) electrons. The molecule has 0 saturated heterocycles. The number of unbranched alkanes of at least 4 members (excludes halogenated alkanes) is 1. The van der Waals surface area contributed by atoms with Crippen LogP contribution in [0.1, 0.15) is 40.0 Å². The summed E-state index contributed by atoms with van der Waals surface area (Å²) in [4.78, 5) is 0. The van der Waals surface area contributed by atoms with Gasteiger partial charge in [0.05, 0.1) is 0 Å². The fourth-order valence-corrected chi connectivity index (χ4v) is 1.76. The predicted octanol–water partition coefficient (Wildman–Crippen LogP) is 2.16. The third-order valence-electron chi connectivity index (χ3n) is 3.01. The lowest BCUT2D eigenvalue weighted by atomic mass is 10.1. The van der Waals surface area contributed by atoms with E-state index in [0.717, 1.165) is 5.92 Å². The summed E-state index contributed by atoms with van der Waals surface area (Å²) in [6, 6.07) is 0.485. The van der Waals surface area contributed by atoms with Gasteiger partial charge in [-0.1, -0.05) is 33.6 Å². The summed E-state index contributed by atoms with van der Waals surface area (Å²) in [5, 5.41) is 0. The largest absolute Gasteiger partial charge is 0.327 e. The van der Waals surface area contributed by atoms with E-state index in [2.05, 4.69) is 20.8 Å². The van der Waals surface area contributed by atoms with Crippen molar-refractivity contribution in [3.63, 3.8) is 0 Å². The van der Waals surface area contributed by atoms with Gasteiger partial charge in [0.1, 0.15) is 0 Å². The van der Waals surface area contributed by atoms with Gasteiger partial charge in [0, 0.05) is 6.04 Å². The molecule has 1 aliphatic rings. The second kappa shape index (κ2) is 2.54. The third kappa shape index (κ3) is 1.20. The first-order chi connectivity index (χ1) is 4.60. The van der Waals surface area contributed by atoms with E-state index in [1.54, 1.807) is 0 Å². The second-order valence-electron chi connectivity index (χ2n) is 4.10. The first-order valence-electron chi connectivity index (χ1n) is 4.36. The lowest BCUT2D eigenvalue weighted by Gasteiger charge is -1.99. The van der Waals surface area contributed by atoms with Gasteiger partial charge < -0.3 is 5.73 Å². The standard InChI is InChI=1S/C9H19N/c1-4-5-6-7-8(10)9(7,2)3/h7-8H,4-6,10H2,1-3H3. The van der Waals surface area contributed by atoms with Crippen LogP contribution in [-0.2, 0) is 0 Å². The Balaban J connectivity index is 2.22. The van der Waals surface area contributed by atoms with Crippen LogP contribution in [0.2, 0.25) is 0 Å². The topological polar surface area (TPSA) is 26.0 Å². The number of hydrogen-bond acceptors (Lipinski definition) is 1. The molecule has 0 heterocycles. The van der Waals surface area contributed by atoms with Crippen LogP contribution in [0, 0.1) is 11.3 Å². The average molecular weight is 141 g/mol. The third-order valence-corrected chi connectivity index (χ3v) is 3.01. The van der Waals surface area contributed by atoms with Gasteiger partial charge in [-0.05, 0) is 17.8 Å². The predicted molar refractivity (Wildman–Crippen MR) is 44.8 cm³/mol. The summed E-state index contributed by atoms with van der Waals surface area (Å²) in [6.45, 7) is 6.79. The first kappa shape index (κ1) is 8.06. The molecule has 0 aliphatic heterocycles. The van der Waals surface area contributed by atoms with E-state index in [0.29, 0.717) is 11.5 Å². The second-order valence-corrected chi connectivity index (χ2v) is 4.10. The van der Waals surface area contributed by atoms with E-state index in [1.807, 2.05) is 0 Å². The number of hydrogen-bond donors (Lipinski definition) is 1. The van der Waals surface area contributed by atoms with Gasteiger partial charge >= 0.3 is 0 Å². The quantitative estimate of drug-likeness (QED) is 0.640. The molecular weight excluding hydrogens is 122 g/mol. The normalized spacial score (nSPS) is 36.0. The highest BCUT2D eigenvalue weighted by Gasteiger charge is 2.54. The van der Waals surface area contributed by atoms with Crippen molar-refractivity contribution in [2.45, 2.75) is 46.1 Å². The maximum Gasteiger partial charge on any atom is 0.0128 e. The molecule has 1 fully saturated rings. The highest BCUT2D eigenvalue weighted by Crippen LogP contribution is 2.52. The Hall–Kier alpha value is -0.0400. The molecule has 0 aromatic carbocycles. The Morgan fingerprint density at radius 1 is 1.40 bits per heavy atom. The molecule has 0 bridgehead atoms. The summed E-state index contributed by atoms with van der Waals surface area (Å²) in [6.07, 6.45) is 3.99. The van der Waals surface area contributed by atoms with E-state index < -0.39 is 0 Å². The maximum absolute atomic E-state index is 5.89. The van der Waals surface area contributed by atoms with Gasteiger partial charge in [-0.15, -0.1) is 0 Å². The highest BCUT2D eigenvalue weighted by molar-refractivity contribution is 5.08. The molecule has 1 rings (SSSR count). The fraction of sp³-hybridized carbons (Fsp3) is 1.00. The minimum absolute atomic E-state index is 0.454. The molecule has 1 aliphatic carbocycles. The smallest absolute Gasteiger partial charge is 0.0128 e. The maximum atomic E-state index is 5.89. The van der Waals surface area contributed by atoms with E-state index in [-0.39, 0.29) is 0 Å². The van der Waals surface area contributed by atoms with E-state index in [1.165, 1.54) is 19.3 Å². The fourth-order valence-electron chi connectivity index (χ4n) is 1.76. The van der Waals surface area contributed by atoms with Crippen LogP contribution in [-0.4, -0.2) is 6.04 Å². The first-order valence-corrected chi connectivity index (χ1v) is 4.36. The van der Waals surface area contributed by atoms with Crippen molar-refractivity contribution < 1.29 is 0 Å². The molecule has 2 N–H and O–H groups in total. The van der Waals surface area contributed by atoms with Gasteiger partial charge in [-0.25, -0.2) is 0 Å². The molecule has 1 nitrogen and oxygen atoms in total. The Bertz CT molecular complexity index is 118. The van der Waals surface area contributed by atoms with Crippen molar-refractivity contribution in [2.24, 2.45) is 17.1 Å². The summed E-state index contributed by atoms with van der Waals surface area (Å²) in [7, 11) is 0. The van der Waals surface area contributed by atoms with Crippen LogP contribution in [0.15, 0.2) is 0 Å². The van der Waals surface area contributed by atoms with E-state index in [4.69, 9.17) is 5.73 Å². The minimum Gasteiger partial charge on any atom is -0.327 e. The monoisotopic (exact) mass is 141 g/mol. The Morgan fingerprint density at radius 3 is 2.20 bits per heavy atom. The molecule has 60 valence electrons. The van der Waals surface area contributed by atoms with Gasteiger partial charge in [-0.3, -0.25) is 0 Å². The molecule has 0 amide bonds. The number of rotatable bonds is 3. The van der Waals surface area contributed by atoms with Crippen molar-refractivity contribution >= 4 is 0 Å². The molecule has 0 aromatic rings. The zero-order chi connectivity index (χ0) is 7.78. The molecule has 0 spiro atoms. The molecule has 2 unspecified atom stereocenters. The molecule has 0 aromatic heterocycles. The lowest BCUT2D eigenvalue weighted by Crippen LogP contribution is -2.06. The molecule has 1 heteroatoms. The lowest BCUT2D eigenvalue weighted by molar-refractivity contribution is 0.514. The van der Waals surface area contributed by atoms with Crippen molar-refractivity contribution in [1.29, 1.82) is 0 Å². The molecule has 1 saturated carbocycles. The van der Waals surface area contributed by atoms with Gasteiger partial charge in [-0.2, -0.15) is 0 Å². The van der Waals surface area contributed by atoms with Gasteiger partial charge in [0.15, 0.2) is 0 Å². The Labute approximate surface area is 64.0 Å². The molecule has 2 atom stereocenters. The summed E-state index contributed by atoms with van der Waals surface area (Å²) in [5.74, 6) is 0.812. The van der Waals surface area contributed by atoms with Crippen LogP contribution in [0.3, 0.4) is 0 Å². The van der Waals surface area contributed by atoms with Gasteiger partial charge in [0.2, 0.25) is 0 Å². The van der Waals surface area contributed by atoms with Crippen LogP contribution in [0.5, 0.6) is 0 Å². The zero-order valence-electron chi connectivity index (χ0n) is 7.35. The summed E-state index contributed by atoms with van der Waals surface area (Å²) < 4.78 is 0. The molecular formula is C9H19N. The SMILES string of the molecule is CCCCC1C(N)C1(C)C. The van der Waals surface area contributed by atoms with Crippen molar-refractivity contribution in [3.05, 3.63) is 0 Å². The zero-order valence-corrected chi connectivity index (χ0v) is 7.35. The Kier molecular flexibility index (Phi) is 2.04. The van der Waals surface area contributed by atoms with Crippen LogP contribution < -0.4 is 5.73 Å². The van der Waals surface area contributed by atoms with Crippen molar-refractivity contribution in [3.8, 4) is 0 Å². The average Bonchev–Trinajstić information content (AvgIpc) is 2.31. The van der Waals surface area contributed by atoms with Crippen molar-refractivity contribution in [2.75, 3.05) is 0 Å².